The lowest BCUT2D eigenvalue weighted by Crippen LogP contribution is -2.39. The smallest absolute Gasteiger partial charge is 0.130 e. The zero-order chi connectivity index (χ0) is 14.3. The fourth-order valence-electron chi connectivity index (χ4n) is 3.23. The fourth-order valence-corrected chi connectivity index (χ4v) is 3.48. The van der Waals surface area contributed by atoms with Crippen molar-refractivity contribution in [2.24, 2.45) is 7.05 Å². The van der Waals surface area contributed by atoms with Gasteiger partial charge in [-0.1, -0.05) is 35.9 Å². The first-order chi connectivity index (χ1) is 9.61. The first kappa shape index (κ1) is 13.7. The van der Waals surface area contributed by atoms with Crippen molar-refractivity contribution in [1.82, 2.24) is 15.1 Å². The second-order valence-corrected chi connectivity index (χ2v) is 5.95. The van der Waals surface area contributed by atoms with Crippen LogP contribution in [0, 0.1) is 6.92 Å². The van der Waals surface area contributed by atoms with E-state index >= 15 is 0 Å². The van der Waals surface area contributed by atoms with Crippen molar-refractivity contribution in [2.75, 3.05) is 7.05 Å². The average Bonchev–Trinajstić information content (AvgIpc) is 2.65. The predicted molar refractivity (Wildman–Crippen MR) is 82.4 cm³/mol. The molecule has 0 saturated carbocycles. The van der Waals surface area contributed by atoms with E-state index in [1.807, 2.05) is 21.0 Å². The standard InChI is InChI=1S/C16H20ClN3/c1-10-13(16(17)20(3)19-10)9-15(18-2)14-8-11-6-4-5-7-12(11)14/h4-7,14-15,18H,8-9H2,1-3H3. The number of hydrogen-bond acceptors (Lipinski definition) is 2. The predicted octanol–water partition coefficient (Wildman–Crippen LogP) is 2.85. The van der Waals surface area contributed by atoms with Gasteiger partial charge in [0.05, 0.1) is 5.69 Å². The van der Waals surface area contributed by atoms with Crippen LogP contribution in [-0.4, -0.2) is 22.9 Å². The average molecular weight is 290 g/mol. The molecule has 0 bridgehead atoms. The Bertz CT molecular complexity index is 633. The zero-order valence-electron chi connectivity index (χ0n) is 12.2. The van der Waals surface area contributed by atoms with E-state index in [0.717, 1.165) is 29.3 Å². The summed E-state index contributed by atoms with van der Waals surface area (Å²) in [5.74, 6) is 0.576. The van der Waals surface area contributed by atoms with Gasteiger partial charge in [-0.15, -0.1) is 0 Å². The SMILES string of the molecule is CNC(Cc1c(C)nn(C)c1Cl)C1Cc2ccccc21. The van der Waals surface area contributed by atoms with Gasteiger partial charge in [0.2, 0.25) is 0 Å². The molecule has 1 aromatic carbocycles. The van der Waals surface area contributed by atoms with E-state index in [-0.39, 0.29) is 0 Å². The van der Waals surface area contributed by atoms with E-state index in [2.05, 4.69) is 34.7 Å². The molecule has 1 N–H and O–H groups in total. The number of aromatic nitrogens is 2. The summed E-state index contributed by atoms with van der Waals surface area (Å²) < 4.78 is 1.76. The van der Waals surface area contributed by atoms with Gasteiger partial charge in [0, 0.05) is 24.6 Å². The van der Waals surface area contributed by atoms with Gasteiger partial charge in [-0.3, -0.25) is 4.68 Å². The molecule has 2 unspecified atom stereocenters. The zero-order valence-corrected chi connectivity index (χ0v) is 12.9. The molecule has 0 saturated heterocycles. The Balaban J connectivity index is 1.83. The molecule has 3 nitrogen and oxygen atoms in total. The first-order valence-corrected chi connectivity index (χ1v) is 7.42. The van der Waals surface area contributed by atoms with Crippen molar-refractivity contribution in [3.8, 4) is 0 Å². The lowest BCUT2D eigenvalue weighted by atomic mass is 9.72. The number of fused-ring (bicyclic) bond motifs is 1. The Morgan fingerprint density at radius 3 is 2.80 bits per heavy atom. The van der Waals surface area contributed by atoms with E-state index in [1.165, 1.54) is 11.1 Å². The van der Waals surface area contributed by atoms with Gasteiger partial charge in [0.1, 0.15) is 5.15 Å². The molecule has 0 radical (unpaired) electrons. The largest absolute Gasteiger partial charge is 0.316 e. The van der Waals surface area contributed by atoms with Crippen LogP contribution >= 0.6 is 11.6 Å². The Morgan fingerprint density at radius 2 is 2.20 bits per heavy atom. The number of aryl methyl sites for hydroxylation is 2. The minimum atomic E-state index is 0.408. The summed E-state index contributed by atoms with van der Waals surface area (Å²) in [5, 5.41) is 8.62. The van der Waals surface area contributed by atoms with Crippen molar-refractivity contribution in [3.63, 3.8) is 0 Å². The summed E-state index contributed by atoms with van der Waals surface area (Å²) in [4.78, 5) is 0. The molecular weight excluding hydrogens is 270 g/mol. The number of halogens is 1. The van der Waals surface area contributed by atoms with Gasteiger partial charge in [0.25, 0.3) is 0 Å². The molecule has 1 heterocycles. The highest BCUT2D eigenvalue weighted by molar-refractivity contribution is 6.30. The van der Waals surface area contributed by atoms with Gasteiger partial charge in [-0.25, -0.2) is 0 Å². The second-order valence-electron chi connectivity index (χ2n) is 5.59. The molecule has 0 amide bonds. The normalized spacial score (nSPS) is 18.5. The van der Waals surface area contributed by atoms with Crippen molar-refractivity contribution < 1.29 is 0 Å². The summed E-state index contributed by atoms with van der Waals surface area (Å²) in [7, 11) is 3.93. The van der Waals surface area contributed by atoms with Gasteiger partial charge in [0.15, 0.2) is 0 Å². The molecule has 4 heteroatoms. The first-order valence-electron chi connectivity index (χ1n) is 7.05. The van der Waals surface area contributed by atoms with E-state index in [4.69, 9.17) is 11.6 Å². The third-order valence-electron chi connectivity index (χ3n) is 4.44. The Labute approximate surface area is 124 Å². The monoisotopic (exact) mass is 289 g/mol. The van der Waals surface area contributed by atoms with Gasteiger partial charge in [-0.2, -0.15) is 5.10 Å². The molecule has 1 aliphatic rings. The summed E-state index contributed by atoms with van der Waals surface area (Å²) in [6, 6.07) is 9.11. The van der Waals surface area contributed by atoms with Crippen LogP contribution in [0.15, 0.2) is 24.3 Å². The summed E-state index contributed by atoms with van der Waals surface area (Å²) in [5.41, 5.74) is 5.15. The molecule has 20 heavy (non-hydrogen) atoms. The number of rotatable bonds is 4. The molecule has 1 aliphatic carbocycles. The van der Waals surface area contributed by atoms with Gasteiger partial charge >= 0.3 is 0 Å². The van der Waals surface area contributed by atoms with Crippen LogP contribution in [-0.2, 0) is 19.9 Å². The minimum absolute atomic E-state index is 0.408. The van der Waals surface area contributed by atoms with Crippen LogP contribution < -0.4 is 5.32 Å². The Hall–Kier alpha value is -1.32. The molecule has 3 rings (SSSR count). The van der Waals surface area contributed by atoms with Crippen molar-refractivity contribution in [2.45, 2.75) is 31.7 Å². The van der Waals surface area contributed by atoms with Crippen LogP contribution in [0.4, 0.5) is 0 Å². The number of benzene rings is 1. The lowest BCUT2D eigenvalue weighted by molar-refractivity contribution is 0.422. The van der Waals surface area contributed by atoms with E-state index < -0.39 is 0 Å². The summed E-state index contributed by atoms with van der Waals surface area (Å²) >= 11 is 6.35. The number of likely N-dealkylation sites (N-methyl/N-ethyl adjacent to an activating group) is 1. The van der Waals surface area contributed by atoms with Gasteiger partial charge < -0.3 is 5.32 Å². The maximum atomic E-state index is 6.35. The van der Waals surface area contributed by atoms with Crippen LogP contribution in [0.2, 0.25) is 5.15 Å². The number of nitrogens with one attached hydrogen (secondary N) is 1. The Kier molecular flexibility index (Phi) is 3.57. The fraction of sp³-hybridized carbons (Fsp3) is 0.438. The Morgan fingerprint density at radius 1 is 1.45 bits per heavy atom. The molecule has 0 aliphatic heterocycles. The van der Waals surface area contributed by atoms with E-state index in [1.54, 1.807) is 4.68 Å². The van der Waals surface area contributed by atoms with Crippen molar-refractivity contribution >= 4 is 11.6 Å². The molecular formula is C16H20ClN3. The van der Waals surface area contributed by atoms with Crippen LogP contribution in [0.3, 0.4) is 0 Å². The highest BCUT2D eigenvalue weighted by Crippen LogP contribution is 2.38. The molecule has 2 aromatic rings. The molecule has 0 fully saturated rings. The highest BCUT2D eigenvalue weighted by atomic mass is 35.5. The van der Waals surface area contributed by atoms with Crippen LogP contribution in [0.1, 0.15) is 28.3 Å². The van der Waals surface area contributed by atoms with E-state index in [0.29, 0.717) is 12.0 Å². The maximum Gasteiger partial charge on any atom is 0.130 e. The quantitative estimate of drug-likeness (QED) is 0.938. The lowest BCUT2D eigenvalue weighted by Gasteiger charge is -2.36. The molecule has 106 valence electrons. The molecule has 1 aromatic heterocycles. The number of nitrogens with zero attached hydrogens (tertiary/aromatic N) is 2. The van der Waals surface area contributed by atoms with Crippen molar-refractivity contribution in [3.05, 3.63) is 51.8 Å². The maximum absolute atomic E-state index is 6.35. The highest BCUT2D eigenvalue weighted by Gasteiger charge is 2.32. The third-order valence-corrected chi connectivity index (χ3v) is 4.92. The molecule has 0 spiro atoms. The van der Waals surface area contributed by atoms with Crippen LogP contribution in [0.25, 0.3) is 0 Å². The second kappa shape index (κ2) is 5.23. The topological polar surface area (TPSA) is 29.9 Å². The third kappa shape index (κ3) is 2.15. The minimum Gasteiger partial charge on any atom is -0.316 e. The summed E-state index contributed by atoms with van der Waals surface area (Å²) in [6.45, 7) is 2.03. The van der Waals surface area contributed by atoms with Crippen LogP contribution in [0.5, 0.6) is 0 Å². The van der Waals surface area contributed by atoms with Gasteiger partial charge in [-0.05, 0) is 37.9 Å². The number of hydrogen-bond donors (Lipinski definition) is 1. The molecule has 2 atom stereocenters. The van der Waals surface area contributed by atoms with Crippen molar-refractivity contribution in [1.29, 1.82) is 0 Å². The van der Waals surface area contributed by atoms with E-state index in [9.17, 15) is 0 Å². The summed E-state index contributed by atoms with van der Waals surface area (Å²) in [6.07, 6.45) is 2.08.